The first-order valence-corrected chi connectivity index (χ1v) is 6.18. The Balaban J connectivity index is 2.29. The third-order valence-corrected chi connectivity index (χ3v) is 2.56. The summed E-state index contributed by atoms with van der Waals surface area (Å²) in [5.74, 6) is 0.860. The molecule has 18 heavy (non-hydrogen) atoms. The molecule has 0 aliphatic heterocycles. The van der Waals surface area contributed by atoms with Crippen molar-refractivity contribution >= 4 is 45.1 Å². The Morgan fingerprint density at radius 2 is 2.00 bits per heavy atom. The first-order valence-electron chi connectivity index (χ1n) is 5.01. The molecular formula is C10H10BrClN6. The predicted octanol–water partition coefficient (Wildman–Crippen LogP) is 2.49. The highest BCUT2D eigenvalue weighted by Gasteiger charge is 2.07. The Labute approximate surface area is 118 Å². The molecule has 0 aliphatic carbocycles. The van der Waals surface area contributed by atoms with Gasteiger partial charge in [0.1, 0.15) is 0 Å². The van der Waals surface area contributed by atoms with E-state index < -0.39 is 0 Å². The molecule has 0 radical (unpaired) electrons. The maximum absolute atomic E-state index is 5.84. The minimum absolute atomic E-state index is 0.138. The van der Waals surface area contributed by atoms with Crippen LogP contribution in [0.25, 0.3) is 0 Å². The Bertz CT molecular complexity index is 562. The summed E-state index contributed by atoms with van der Waals surface area (Å²) >= 11 is 9.18. The lowest BCUT2D eigenvalue weighted by molar-refractivity contribution is 0.961. The second-order valence-corrected chi connectivity index (χ2v) is 4.89. The van der Waals surface area contributed by atoms with Crippen LogP contribution in [0.5, 0.6) is 0 Å². The van der Waals surface area contributed by atoms with Crippen LogP contribution < -0.4 is 10.2 Å². The van der Waals surface area contributed by atoms with E-state index in [1.165, 1.54) is 0 Å². The molecule has 0 amide bonds. The molecule has 0 atom stereocenters. The van der Waals surface area contributed by atoms with E-state index in [-0.39, 0.29) is 5.28 Å². The molecule has 8 heteroatoms. The van der Waals surface area contributed by atoms with Crippen molar-refractivity contribution in [3.63, 3.8) is 0 Å². The molecule has 0 unspecified atom stereocenters. The minimum Gasteiger partial charge on any atom is -0.347 e. The van der Waals surface area contributed by atoms with Crippen molar-refractivity contribution in [2.75, 3.05) is 24.3 Å². The Morgan fingerprint density at radius 1 is 1.22 bits per heavy atom. The summed E-state index contributed by atoms with van der Waals surface area (Å²) in [6.45, 7) is 0. The molecule has 1 N–H and O–H groups in total. The third-order valence-electron chi connectivity index (χ3n) is 1.96. The van der Waals surface area contributed by atoms with Crippen molar-refractivity contribution in [1.29, 1.82) is 0 Å². The summed E-state index contributed by atoms with van der Waals surface area (Å²) in [5, 5.41) is 3.15. The van der Waals surface area contributed by atoms with Gasteiger partial charge in [0.15, 0.2) is 0 Å². The lowest BCUT2D eigenvalue weighted by Gasteiger charge is -2.11. The second kappa shape index (κ2) is 5.45. The topological polar surface area (TPSA) is 66.8 Å². The summed E-state index contributed by atoms with van der Waals surface area (Å²) in [6.07, 6.45) is 3.36. The standard InChI is InChI=1S/C10H10BrClN6/c1-18(2)10-16-8(12)15-9(17-10)14-7-3-6(11)4-13-5-7/h3-5H,1-2H3,(H,14,15,16,17). The summed E-state index contributed by atoms with van der Waals surface area (Å²) in [7, 11) is 3.66. The van der Waals surface area contributed by atoms with Crippen molar-refractivity contribution in [1.82, 2.24) is 19.9 Å². The first kappa shape index (κ1) is 13.0. The fourth-order valence-electron chi connectivity index (χ4n) is 1.20. The van der Waals surface area contributed by atoms with Crippen molar-refractivity contribution < 1.29 is 0 Å². The molecule has 0 saturated heterocycles. The molecule has 2 rings (SSSR count). The van der Waals surface area contributed by atoms with Crippen molar-refractivity contribution in [3.8, 4) is 0 Å². The molecule has 2 heterocycles. The lowest BCUT2D eigenvalue weighted by Crippen LogP contribution is -2.14. The average Bonchev–Trinajstić information content (AvgIpc) is 2.28. The summed E-state index contributed by atoms with van der Waals surface area (Å²) < 4.78 is 0.862. The van der Waals surface area contributed by atoms with Crippen LogP contribution in [-0.4, -0.2) is 34.0 Å². The quantitative estimate of drug-likeness (QED) is 0.933. The third kappa shape index (κ3) is 3.27. The van der Waals surface area contributed by atoms with Crippen molar-refractivity contribution in [2.45, 2.75) is 0 Å². The van der Waals surface area contributed by atoms with Gasteiger partial charge >= 0.3 is 0 Å². The normalized spacial score (nSPS) is 10.2. The number of anilines is 3. The van der Waals surface area contributed by atoms with Gasteiger partial charge in [-0.15, -0.1) is 0 Å². The van der Waals surface area contributed by atoms with Crippen molar-refractivity contribution in [2.24, 2.45) is 0 Å². The largest absolute Gasteiger partial charge is 0.347 e. The van der Waals surface area contributed by atoms with E-state index in [0.29, 0.717) is 11.9 Å². The predicted molar refractivity (Wildman–Crippen MR) is 74.4 cm³/mol. The molecule has 0 aliphatic rings. The minimum atomic E-state index is 0.138. The van der Waals surface area contributed by atoms with E-state index in [1.807, 2.05) is 20.2 Å². The van der Waals surface area contributed by atoms with Gasteiger partial charge in [-0.05, 0) is 33.6 Å². The SMILES string of the molecule is CN(C)c1nc(Cl)nc(Nc2cncc(Br)c2)n1. The van der Waals surface area contributed by atoms with Gasteiger partial charge in [0.25, 0.3) is 0 Å². The van der Waals surface area contributed by atoms with Gasteiger partial charge in [-0.1, -0.05) is 0 Å². The van der Waals surface area contributed by atoms with E-state index in [2.05, 4.69) is 41.2 Å². The number of nitrogens with one attached hydrogen (secondary N) is 1. The molecule has 2 aromatic heterocycles. The van der Waals surface area contributed by atoms with Gasteiger partial charge in [-0.25, -0.2) is 0 Å². The van der Waals surface area contributed by atoms with Gasteiger partial charge in [-0.2, -0.15) is 15.0 Å². The zero-order chi connectivity index (χ0) is 13.1. The number of hydrogen-bond acceptors (Lipinski definition) is 6. The number of aromatic nitrogens is 4. The smallest absolute Gasteiger partial charge is 0.233 e. The van der Waals surface area contributed by atoms with Gasteiger partial charge in [-0.3, -0.25) is 4.98 Å². The van der Waals surface area contributed by atoms with Crippen LogP contribution in [0.4, 0.5) is 17.6 Å². The number of rotatable bonds is 3. The van der Waals surface area contributed by atoms with Crippen LogP contribution in [0.3, 0.4) is 0 Å². The number of nitrogens with zero attached hydrogens (tertiary/aromatic N) is 5. The maximum Gasteiger partial charge on any atom is 0.233 e. The molecule has 2 aromatic rings. The highest BCUT2D eigenvalue weighted by molar-refractivity contribution is 9.10. The van der Waals surface area contributed by atoms with E-state index in [0.717, 1.165) is 10.2 Å². The molecule has 0 bridgehead atoms. The maximum atomic E-state index is 5.84. The van der Waals surface area contributed by atoms with Crippen LogP contribution >= 0.6 is 27.5 Å². The molecular weight excluding hydrogens is 320 g/mol. The zero-order valence-corrected chi connectivity index (χ0v) is 12.1. The van der Waals surface area contributed by atoms with Crippen LogP contribution in [0, 0.1) is 0 Å². The Kier molecular flexibility index (Phi) is 3.93. The van der Waals surface area contributed by atoms with Gasteiger partial charge in [0, 0.05) is 24.8 Å². The van der Waals surface area contributed by atoms with Crippen LogP contribution in [0.15, 0.2) is 22.9 Å². The highest BCUT2D eigenvalue weighted by Crippen LogP contribution is 2.18. The van der Waals surface area contributed by atoms with Gasteiger partial charge in [0.05, 0.1) is 11.9 Å². The molecule has 6 nitrogen and oxygen atoms in total. The van der Waals surface area contributed by atoms with Crippen LogP contribution in [-0.2, 0) is 0 Å². The fourth-order valence-corrected chi connectivity index (χ4v) is 1.73. The number of hydrogen-bond donors (Lipinski definition) is 1. The lowest BCUT2D eigenvalue weighted by atomic mass is 10.4. The first-order chi connectivity index (χ1) is 8.54. The zero-order valence-electron chi connectivity index (χ0n) is 9.72. The van der Waals surface area contributed by atoms with Gasteiger partial charge < -0.3 is 10.2 Å². The molecule has 0 saturated carbocycles. The Hall–Kier alpha value is -1.47. The number of pyridine rings is 1. The fraction of sp³-hybridized carbons (Fsp3) is 0.200. The van der Waals surface area contributed by atoms with Crippen LogP contribution in [0.1, 0.15) is 0 Å². The summed E-state index contributed by atoms with van der Waals surface area (Å²) in [5.41, 5.74) is 0.761. The monoisotopic (exact) mass is 328 g/mol. The molecule has 0 fully saturated rings. The van der Waals surface area contributed by atoms with Gasteiger partial charge in [0.2, 0.25) is 17.2 Å². The molecule has 94 valence electrons. The molecule has 0 aromatic carbocycles. The van der Waals surface area contributed by atoms with Crippen molar-refractivity contribution in [3.05, 3.63) is 28.2 Å². The van der Waals surface area contributed by atoms with E-state index in [9.17, 15) is 0 Å². The van der Waals surface area contributed by atoms with Crippen LogP contribution in [0.2, 0.25) is 5.28 Å². The highest BCUT2D eigenvalue weighted by atomic mass is 79.9. The Morgan fingerprint density at radius 3 is 2.67 bits per heavy atom. The summed E-state index contributed by atoms with van der Waals surface area (Å²) in [4.78, 5) is 18.0. The molecule has 0 spiro atoms. The van der Waals surface area contributed by atoms with E-state index in [4.69, 9.17) is 11.6 Å². The van der Waals surface area contributed by atoms with E-state index in [1.54, 1.807) is 17.3 Å². The average molecular weight is 330 g/mol. The van der Waals surface area contributed by atoms with E-state index >= 15 is 0 Å². The number of halogens is 2. The summed E-state index contributed by atoms with van der Waals surface area (Å²) in [6, 6.07) is 1.86. The second-order valence-electron chi connectivity index (χ2n) is 3.64.